The average molecular weight is 439 g/mol. The zero-order valence-corrected chi connectivity index (χ0v) is 18.3. The normalized spacial score (nSPS) is 17.0. The third-order valence-corrected chi connectivity index (χ3v) is 5.62. The van der Waals surface area contributed by atoms with Crippen molar-refractivity contribution in [2.24, 2.45) is 0 Å². The van der Waals surface area contributed by atoms with Crippen molar-refractivity contribution in [2.75, 3.05) is 19.7 Å². The summed E-state index contributed by atoms with van der Waals surface area (Å²) in [5, 5.41) is 12.2. The molecule has 2 aromatic carbocycles. The van der Waals surface area contributed by atoms with E-state index in [1.807, 2.05) is 54.6 Å². The highest BCUT2D eigenvalue weighted by Crippen LogP contribution is 2.20. The minimum atomic E-state index is -0.906. The maximum atomic E-state index is 12.6. The van der Waals surface area contributed by atoms with Gasteiger partial charge in [-0.3, -0.25) is 19.3 Å². The van der Waals surface area contributed by atoms with Crippen LogP contribution in [0, 0.1) is 0 Å². The number of amides is 1. The molecule has 7 heteroatoms. The summed E-state index contributed by atoms with van der Waals surface area (Å²) in [5.74, 6) is -1.56. The lowest BCUT2D eigenvalue weighted by Gasteiger charge is -2.23. The Morgan fingerprint density at radius 2 is 1.78 bits per heavy atom. The Kier molecular flexibility index (Phi) is 8.39. The molecule has 170 valence electrons. The molecule has 32 heavy (non-hydrogen) atoms. The van der Waals surface area contributed by atoms with Gasteiger partial charge in [0.1, 0.15) is 6.04 Å². The molecule has 0 aliphatic carbocycles. The zero-order valence-electron chi connectivity index (χ0n) is 18.3. The lowest BCUT2D eigenvalue weighted by atomic mass is 9.99. The Morgan fingerprint density at radius 1 is 1.09 bits per heavy atom. The Hall–Kier alpha value is -3.19. The van der Waals surface area contributed by atoms with Gasteiger partial charge in [0, 0.05) is 6.04 Å². The van der Waals surface area contributed by atoms with E-state index in [9.17, 15) is 19.5 Å². The van der Waals surface area contributed by atoms with Crippen molar-refractivity contribution in [1.82, 2.24) is 10.2 Å². The Bertz CT molecular complexity index is 914. The van der Waals surface area contributed by atoms with Crippen molar-refractivity contribution in [3.05, 3.63) is 60.2 Å². The fraction of sp³-hybridized carbons (Fsp3) is 0.400. The summed E-state index contributed by atoms with van der Waals surface area (Å²) < 4.78 is 5.07. The number of rotatable bonds is 10. The number of ether oxygens (including phenoxy) is 1. The first kappa shape index (κ1) is 23.5. The van der Waals surface area contributed by atoms with Gasteiger partial charge in [-0.1, -0.05) is 54.6 Å². The summed E-state index contributed by atoms with van der Waals surface area (Å²) in [7, 11) is 0. The smallest absolute Gasteiger partial charge is 0.320 e. The largest absolute Gasteiger partial charge is 0.480 e. The molecular formula is C25H30N2O5. The number of likely N-dealkylation sites (tertiary alicyclic amines) is 1. The van der Waals surface area contributed by atoms with Crippen molar-refractivity contribution >= 4 is 17.8 Å². The highest BCUT2D eigenvalue weighted by Gasteiger charge is 2.32. The molecule has 0 saturated carbocycles. The molecule has 1 saturated heterocycles. The minimum Gasteiger partial charge on any atom is -0.480 e. The SMILES string of the molecule is CCOC(=O)C[C@@H](Cc1ccc(-c2ccccc2)cc1)NC(=O)CN1CCCC1C(=O)O. The third kappa shape index (κ3) is 6.65. The maximum Gasteiger partial charge on any atom is 0.320 e. The summed E-state index contributed by atoms with van der Waals surface area (Å²) in [5.41, 5.74) is 3.20. The molecule has 7 nitrogen and oxygen atoms in total. The average Bonchev–Trinajstić information content (AvgIpc) is 3.23. The van der Waals surface area contributed by atoms with E-state index in [1.165, 1.54) is 0 Å². The Labute approximate surface area is 188 Å². The quantitative estimate of drug-likeness (QED) is 0.554. The van der Waals surface area contributed by atoms with E-state index >= 15 is 0 Å². The standard InChI is InChI=1S/C25H30N2O5/c1-2-32-24(29)16-21(26-23(28)17-27-14-6-9-22(27)25(30)31)15-18-10-12-20(13-11-18)19-7-4-3-5-8-19/h3-5,7-8,10-13,21-22H,2,6,9,14-17H2,1H3,(H,26,28)(H,30,31)/t21-,22?/m1/s1. The third-order valence-electron chi connectivity index (χ3n) is 5.62. The van der Waals surface area contributed by atoms with E-state index in [1.54, 1.807) is 11.8 Å². The molecule has 1 aliphatic rings. The van der Waals surface area contributed by atoms with Crippen LogP contribution < -0.4 is 5.32 Å². The van der Waals surface area contributed by atoms with Gasteiger partial charge in [-0.2, -0.15) is 0 Å². The van der Waals surface area contributed by atoms with Crippen molar-refractivity contribution in [2.45, 2.75) is 44.7 Å². The van der Waals surface area contributed by atoms with Gasteiger partial charge in [0.25, 0.3) is 0 Å². The minimum absolute atomic E-state index is 0.00321. The molecular weight excluding hydrogens is 408 g/mol. The van der Waals surface area contributed by atoms with E-state index in [4.69, 9.17) is 4.74 Å². The van der Waals surface area contributed by atoms with Crippen LogP contribution in [0.25, 0.3) is 11.1 Å². The van der Waals surface area contributed by atoms with Crippen LogP contribution in [0.2, 0.25) is 0 Å². The number of carboxylic acids is 1. The van der Waals surface area contributed by atoms with Crippen LogP contribution in [0.4, 0.5) is 0 Å². The fourth-order valence-electron chi connectivity index (χ4n) is 4.10. The second-order valence-corrected chi connectivity index (χ2v) is 8.01. The van der Waals surface area contributed by atoms with Gasteiger partial charge in [-0.05, 0) is 49.4 Å². The summed E-state index contributed by atoms with van der Waals surface area (Å²) in [6, 6.07) is 17.0. The van der Waals surface area contributed by atoms with Crippen LogP contribution in [0.3, 0.4) is 0 Å². The van der Waals surface area contributed by atoms with Crippen LogP contribution in [0.5, 0.6) is 0 Å². The molecule has 0 radical (unpaired) electrons. The molecule has 0 bridgehead atoms. The van der Waals surface area contributed by atoms with E-state index < -0.39 is 18.1 Å². The lowest BCUT2D eigenvalue weighted by molar-refractivity contribution is -0.143. The van der Waals surface area contributed by atoms with Crippen LogP contribution >= 0.6 is 0 Å². The molecule has 1 unspecified atom stereocenters. The Morgan fingerprint density at radius 3 is 2.44 bits per heavy atom. The number of benzene rings is 2. The highest BCUT2D eigenvalue weighted by molar-refractivity contribution is 5.81. The van der Waals surface area contributed by atoms with Gasteiger partial charge in [0.15, 0.2) is 0 Å². The first-order chi connectivity index (χ1) is 15.5. The molecule has 0 spiro atoms. The molecule has 2 atom stereocenters. The van der Waals surface area contributed by atoms with Crippen LogP contribution in [0.1, 0.15) is 31.7 Å². The number of carbonyl (C=O) groups is 3. The van der Waals surface area contributed by atoms with Gasteiger partial charge in [-0.15, -0.1) is 0 Å². The van der Waals surface area contributed by atoms with E-state index in [-0.39, 0.29) is 31.4 Å². The Balaban J connectivity index is 1.65. The number of nitrogens with zero attached hydrogens (tertiary/aromatic N) is 1. The zero-order chi connectivity index (χ0) is 22.9. The topological polar surface area (TPSA) is 95.9 Å². The van der Waals surface area contributed by atoms with Gasteiger partial charge in [0.2, 0.25) is 5.91 Å². The predicted molar refractivity (Wildman–Crippen MR) is 121 cm³/mol. The number of carbonyl (C=O) groups excluding carboxylic acids is 2. The molecule has 1 amide bonds. The monoisotopic (exact) mass is 438 g/mol. The second kappa shape index (κ2) is 11.4. The number of esters is 1. The highest BCUT2D eigenvalue weighted by atomic mass is 16.5. The first-order valence-electron chi connectivity index (χ1n) is 11.0. The molecule has 1 fully saturated rings. The van der Waals surface area contributed by atoms with E-state index in [0.29, 0.717) is 19.4 Å². The van der Waals surface area contributed by atoms with Crippen LogP contribution in [-0.4, -0.2) is 59.6 Å². The fourth-order valence-corrected chi connectivity index (χ4v) is 4.10. The van der Waals surface area contributed by atoms with Crippen molar-refractivity contribution < 1.29 is 24.2 Å². The molecule has 0 aromatic heterocycles. The summed E-state index contributed by atoms with van der Waals surface area (Å²) in [4.78, 5) is 37.8. The van der Waals surface area contributed by atoms with Gasteiger partial charge < -0.3 is 15.2 Å². The van der Waals surface area contributed by atoms with Gasteiger partial charge in [-0.25, -0.2) is 0 Å². The number of nitrogens with one attached hydrogen (secondary N) is 1. The van der Waals surface area contributed by atoms with Crippen molar-refractivity contribution in [1.29, 1.82) is 0 Å². The van der Waals surface area contributed by atoms with Crippen molar-refractivity contribution in [3.63, 3.8) is 0 Å². The molecule has 1 heterocycles. The second-order valence-electron chi connectivity index (χ2n) is 8.01. The van der Waals surface area contributed by atoms with Gasteiger partial charge in [0.05, 0.1) is 19.6 Å². The summed E-state index contributed by atoms with van der Waals surface area (Å²) in [6.45, 7) is 2.60. The number of carboxylic acid groups (broad SMARTS) is 1. The van der Waals surface area contributed by atoms with Crippen LogP contribution in [-0.2, 0) is 25.5 Å². The van der Waals surface area contributed by atoms with E-state index in [2.05, 4.69) is 5.32 Å². The number of aliphatic carboxylic acids is 1. The number of hydrogen-bond acceptors (Lipinski definition) is 5. The number of hydrogen-bond donors (Lipinski definition) is 2. The first-order valence-corrected chi connectivity index (χ1v) is 11.0. The lowest BCUT2D eigenvalue weighted by Crippen LogP contribution is -2.46. The summed E-state index contributed by atoms with van der Waals surface area (Å²) >= 11 is 0. The maximum absolute atomic E-state index is 12.6. The predicted octanol–water partition coefficient (Wildman–Crippen LogP) is 2.88. The van der Waals surface area contributed by atoms with E-state index in [0.717, 1.165) is 23.1 Å². The molecule has 3 rings (SSSR count). The van der Waals surface area contributed by atoms with Gasteiger partial charge >= 0.3 is 11.9 Å². The molecule has 2 aromatic rings. The molecule has 2 N–H and O–H groups in total. The summed E-state index contributed by atoms with van der Waals surface area (Å²) in [6.07, 6.45) is 1.83. The van der Waals surface area contributed by atoms with Crippen molar-refractivity contribution in [3.8, 4) is 11.1 Å². The molecule has 1 aliphatic heterocycles. The van der Waals surface area contributed by atoms with Crippen LogP contribution in [0.15, 0.2) is 54.6 Å².